The van der Waals surface area contributed by atoms with E-state index in [9.17, 15) is 4.79 Å². The Morgan fingerprint density at radius 3 is 3.05 bits per heavy atom. The number of hydrogen-bond acceptors (Lipinski definition) is 4. The Bertz CT molecular complexity index is 548. The molecule has 0 saturated carbocycles. The second kappa shape index (κ2) is 8.45. The SMILES string of the molecule is CCOc1ccc(Br)cc1C(=O)NC(=S)NCC1CCCO1. The summed E-state index contributed by atoms with van der Waals surface area (Å²) in [6.07, 6.45) is 2.25. The molecule has 120 valence electrons. The fraction of sp³-hybridized carbons (Fsp3) is 0.467. The minimum absolute atomic E-state index is 0.166. The van der Waals surface area contributed by atoms with Gasteiger partial charge in [-0.2, -0.15) is 0 Å². The highest BCUT2D eigenvalue weighted by Gasteiger charge is 2.17. The molecule has 1 aliphatic heterocycles. The summed E-state index contributed by atoms with van der Waals surface area (Å²) in [6.45, 7) is 3.76. The van der Waals surface area contributed by atoms with Gasteiger partial charge in [0.2, 0.25) is 0 Å². The first kappa shape index (κ1) is 17.2. The van der Waals surface area contributed by atoms with Crippen molar-refractivity contribution in [1.29, 1.82) is 0 Å². The molecule has 1 aromatic carbocycles. The van der Waals surface area contributed by atoms with Gasteiger partial charge in [-0.25, -0.2) is 0 Å². The lowest BCUT2D eigenvalue weighted by Gasteiger charge is -2.14. The van der Waals surface area contributed by atoms with Gasteiger partial charge in [0.1, 0.15) is 5.75 Å². The first-order valence-corrected chi connectivity index (χ1v) is 8.43. The molecule has 0 spiro atoms. The van der Waals surface area contributed by atoms with Crippen LogP contribution in [-0.2, 0) is 4.74 Å². The summed E-state index contributed by atoms with van der Waals surface area (Å²) in [5, 5.41) is 5.98. The van der Waals surface area contributed by atoms with E-state index in [4.69, 9.17) is 21.7 Å². The maximum Gasteiger partial charge on any atom is 0.261 e. The quantitative estimate of drug-likeness (QED) is 0.761. The van der Waals surface area contributed by atoms with Crippen LogP contribution in [0.15, 0.2) is 22.7 Å². The Labute approximate surface area is 143 Å². The van der Waals surface area contributed by atoms with Gasteiger partial charge < -0.3 is 14.8 Å². The van der Waals surface area contributed by atoms with Gasteiger partial charge >= 0.3 is 0 Å². The number of amides is 1. The summed E-state index contributed by atoms with van der Waals surface area (Å²) >= 11 is 8.51. The monoisotopic (exact) mass is 386 g/mol. The predicted octanol–water partition coefficient (Wildman–Crippen LogP) is 2.63. The molecule has 5 nitrogen and oxygen atoms in total. The molecule has 1 saturated heterocycles. The predicted molar refractivity (Wildman–Crippen MR) is 92.4 cm³/mol. The maximum atomic E-state index is 12.3. The lowest BCUT2D eigenvalue weighted by molar-refractivity contribution is 0.0969. The smallest absolute Gasteiger partial charge is 0.261 e. The second-order valence-electron chi connectivity index (χ2n) is 4.87. The van der Waals surface area contributed by atoms with Crippen LogP contribution in [0, 0.1) is 0 Å². The van der Waals surface area contributed by atoms with Crippen molar-refractivity contribution in [3.8, 4) is 5.75 Å². The third kappa shape index (κ3) is 4.93. The summed E-state index contributed by atoms with van der Waals surface area (Å²) in [4.78, 5) is 12.3. The average molecular weight is 387 g/mol. The van der Waals surface area contributed by atoms with Crippen molar-refractivity contribution in [3.63, 3.8) is 0 Å². The van der Waals surface area contributed by atoms with E-state index in [0.29, 0.717) is 29.6 Å². The normalized spacial score (nSPS) is 17.1. The van der Waals surface area contributed by atoms with Gasteiger partial charge in [-0.05, 0) is 50.2 Å². The Kier molecular flexibility index (Phi) is 6.60. The second-order valence-corrected chi connectivity index (χ2v) is 6.20. The molecule has 1 aliphatic rings. The number of halogens is 1. The van der Waals surface area contributed by atoms with Crippen LogP contribution in [0.3, 0.4) is 0 Å². The van der Waals surface area contributed by atoms with Crippen LogP contribution in [0.5, 0.6) is 5.75 Å². The van der Waals surface area contributed by atoms with Crippen LogP contribution in [0.4, 0.5) is 0 Å². The van der Waals surface area contributed by atoms with Crippen molar-refractivity contribution in [3.05, 3.63) is 28.2 Å². The first-order valence-electron chi connectivity index (χ1n) is 7.23. The van der Waals surface area contributed by atoms with E-state index < -0.39 is 0 Å². The van der Waals surface area contributed by atoms with E-state index in [1.165, 1.54) is 0 Å². The van der Waals surface area contributed by atoms with Crippen LogP contribution in [0.1, 0.15) is 30.1 Å². The van der Waals surface area contributed by atoms with E-state index in [0.717, 1.165) is 23.9 Å². The molecule has 0 aliphatic carbocycles. The molecule has 1 amide bonds. The van der Waals surface area contributed by atoms with Crippen LogP contribution in [0.25, 0.3) is 0 Å². The minimum atomic E-state index is -0.297. The Morgan fingerprint density at radius 2 is 2.36 bits per heavy atom. The summed E-state index contributed by atoms with van der Waals surface area (Å²) in [6, 6.07) is 5.30. The summed E-state index contributed by atoms with van der Waals surface area (Å²) < 4.78 is 11.8. The third-order valence-electron chi connectivity index (χ3n) is 3.23. The molecular formula is C15H19BrN2O3S. The molecule has 1 atom stereocenters. The molecule has 7 heteroatoms. The van der Waals surface area contributed by atoms with E-state index in [1.807, 2.05) is 13.0 Å². The van der Waals surface area contributed by atoms with Crippen molar-refractivity contribution >= 4 is 39.2 Å². The molecule has 1 heterocycles. The van der Waals surface area contributed by atoms with Crippen molar-refractivity contribution in [2.75, 3.05) is 19.8 Å². The number of nitrogens with one attached hydrogen (secondary N) is 2. The molecule has 0 aromatic heterocycles. The average Bonchev–Trinajstić information content (AvgIpc) is 3.00. The number of carbonyl (C=O) groups excluding carboxylic acids is 1. The van der Waals surface area contributed by atoms with Crippen LogP contribution < -0.4 is 15.4 Å². The van der Waals surface area contributed by atoms with Gasteiger partial charge in [-0.15, -0.1) is 0 Å². The third-order valence-corrected chi connectivity index (χ3v) is 3.97. The molecule has 2 rings (SSSR count). The Balaban J connectivity index is 1.92. The summed E-state index contributed by atoms with van der Waals surface area (Å²) in [5.41, 5.74) is 0.442. The highest BCUT2D eigenvalue weighted by Crippen LogP contribution is 2.23. The molecular weight excluding hydrogens is 368 g/mol. The van der Waals surface area contributed by atoms with Crippen LogP contribution in [-0.4, -0.2) is 36.9 Å². The topological polar surface area (TPSA) is 59.6 Å². The zero-order chi connectivity index (χ0) is 15.9. The number of thiocarbonyl (C=S) groups is 1. The lowest BCUT2D eigenvalue weighted by Crippen LogP contribution is -2.42. The Hall–Kier alpha value is -1.18. The first-order chi connectivity index (χ1) is 10.6. The highest BCUT2D eigenvalue weighted by molar-refractivity contribution is 9.10. The number of ether oxygens (including phenoxy) is 2. The van der Waals surface area contributed by atoms with Crippen LogP contribution >= 0.6 is 28.1 Å². The molecule has 2 N–H and O–H groups in total. The molecule has 0 bridgehead atoms. The van der Waals surface area contributed by atoms with E-state index in [-0.39, 0.29) is 12.0 Å². The fourth-order valence-electron chi connectivity index (χ4n) is 2.19. The number of rotatable bonds is 5. The van der Waals surface area contributed by atoms with E-state index >= 15 is 0 Å². The molecule has 0 radical (unpaired) electrons. The van der Waals surface area contributed by atoms with Gasteiger partial charge in [-0.3, -0.25) is 10.1 Å². The number of hydrogen-bond donors (Lipinski definition) is 2. The summed E-state index contributed by atoms with van der Waals surface area (Å²) in [7, 11) is 0. The van der Waals surface area contributed by atoms with Crippen molar-refractivity contribution in [1.82, 2.24) is 10.6 Å². The van der Waals surface area contributed by atoms with Gasteiger partial charge in [0, 0.05) is 17.6 Å². The van der Waals surface area contributed by atoms with E-state index in [1.54, 1.807) is 12.1 Å². The Morgan fingerprint density at radius 1 is 1.55 bits per heavy atom. The molecule has 1 unspecified atom stereocenters. The molecule has 1 aromatic rings. The zero-order valence-electron chi connectivity index (χ0n) is 12.4. The van der Waals surface area contributed by atoms with Gasteiger partial charge in [0.15, 0.2) is 5.11 Å². The van der Waals surface area contributed by atoms with Gasteiger partial charge in [0.05, 0.1) is 18.3 Å². The van der Waals surface area contributed by atoms with Crippen molar-refractivity contribution in [2.45, 2.75) is 25.9 Å². The molecule has 1 fully saturated rings. The minimum Gasteiger partial charge on any atom is -0.493 e. The number of carbonyl (C=O) groups is 1. The lowest BCUT2D eigenvalue weighted by atomic mass is 10.2. The number of benzene rings is 1. The van der Waals surface area contributed by atoms with Crippen LogP contribution in [0.2, 0.25) is 0 Å². The van der Waals surface area contributed by atoms with Crippen molar-refractivity contribution in [2.24, 2.45) is 0 Å². The van der Waals surface area contributed by atoms with Gasteiger partial charge in [0.25, 0.3) is 5.91 Å². The van der Waals surface area contributed by atoms with Gasteiger partial charge in [-0.1, -0.05) is 15.9 Å². The zero-order valence-corrected chi connectivity index (χ0v) is 14.8. The molecule has 22 heavy (non-hydrogen) atoms. The highest BCUT2D eigenvalue weighted by atomic mass is 79.9. The largest absolute Gasteiger partial charge is 0.493 e. The van der Waals surface area contributed by atoms with Crippen molar-refractivity contribution < 1.29 is 14.3 Å². The van der Waals surface area contributed by atoms with E-state index in [2.05, 4.69) is 26.6 Å². The summed E-state index contributed by atoms with van der Waals surface area (Å²) in [5.74, 6) is 0.236. The maximum absolute atomic E-state index is 12.3. The standard InChI is InChI=1S/C15H19BrN2O3S/c1-2-20-13-6-5-10(16)8-12(13)14(19)18-15(22)17-9-11-4-3-7-21-11/h5-6,8,11H,2-4,7,9H2,1H3,(H2,17,18,19,22). The fourth-order valence-corrected chi connectivity index (χ4v) is 2.72.